The van der Waals surface area contributed by atoms with Crippen LogP contribution in [-0.4, -0.2) is 51.4 Å². The first-order chi connectivity index (χ1) is 11.4. The molecule has 24 heavy (non-hydrogen) atoms. The predicted octanol–water partition coefficient (Wildman–Crippen LogP) is 2.51. The molecule has 0 saturated carbocycles. The zero-order valence-electron chi connectivity index (χ0n) is 15.3. The first kappa shape index (κ1) is 17.1. The Balaban J connectivity index is 1.85. The highest BCUT2D eigenvalue weighted by Gasteiger charge is 2.32. The van der Waals surface area contributed by atoms with Crippen LogP contribution in [-0.2, 0) is 18.3 Å². The van der Waals surface area contributed by atoms with Crippen molar-refractivity contribution in [3.63, 3.8) is 0 Å². The van der Waals surface area contributed by atoms with Crippen molar-refractivity contribution in [3.05, 3.63) is 23.0 Å². The van der Waals surface area contributed by atoms with Gasteiger partial charge in [-0.1, -0.05) is 0 Å². The Bertz CT molecular complexity index is 649. The molecule has 3 rings (SSSR count). The number of rotatable bonds is 3. The van der Waals surface area contributed by atoms with E-state index in [1.54, 1.807) is 0 Å². The molecule has 5 heteroatoms. The number of amides is 2. The standard InChI is InChI=1S/C19H29N3O2/c1-13-12-20(4)16(11-17(23)21-9-5-7-14(21)2)18(13)19(24)22-10-6-8-15(22)3/h12,14-15H,5-11H2,1-4H3/t14-,15+/m0/s1. The van der Waals surface area contributed by atoms with Crippen molar-refractivity contribution >= 4 is 11.8 Å². The minimum atomic E-state index is 0.0929. The van der Waals surface area contributed by atoms with Crippen molar-refractivity contribution < 1.29 is 9.59 Å². The van der Waals surface area contributed by atoms with E-state index in [0.717, 1.165) is 55.6 Å². The van der Waals surface area contributed by atoms with E-state index in [0.29, 0.717) is 18.5 Å². The van der Waals surface area contributed by atoms with Crippen molar-refractivity contribution in [2.24, 2.45) is 7.05 Å². The van der Waals surface area contributed by atoms with Crippen LogP contribution in [0.5, 0.6) is 0 Å². The molecule has 5 nitrogen and oxygen atoms in total. The third-order valence-corrected chi connectivity index (χ3v) is 5.72. The van der Waals surface area contributed by atoms with Crippen LogP contribution in [0.3, 0.4) is 0 Å². The second-order valence-corrected chi connectivity index (χ2v) is 7.49. The van der Waals surface area contributed by atoms with Crippen molar-refractivity contribution in [2.75, 3.05) is 13.1 Å². The van der Waals surface area contributed by atoms with Crippen LogP contribution in [0, 0.1) is 6.92 Å². The van der Waals surface area contributed by atoms with E-state index in [2.05, 4.69) is 13.8 Å². The molecule has 0 aliphatic carbocycles. The molecule has 2 aliphatic heterocycles. The predicted molar refractivity (Wildman–Crippen MR) is 94.0 cm³/mol. The quantitative estimate of drug-likeness (QED) is 0.854. The Kier molecular flexibility index (Phi) is 4.70. The zero-order chi connectivity index (χ0) is 17.4. The van der Waals surface area contributed by atoms with Gasteiger partial charge in [0.05, 0.1) is 12.0 Å². The van der Waals surface area contributed by atoms with Gasteiger partial charge in [-0.3, -0.25) is 9.59 Å². The third-order valence-electron chi connectivity index (χ3n) is 5.72. The number of carbonyl (C=O) groups excluding carboxylic acids is 2. The maximum atomic E-state index is 13.1. The first-order valence-corrected chi connectivity index (χ1v) is 9.15. The molecule has 1 aromatic heterocycles. The largest absolute Gasteiger partial charge is 0.353 e. The van der Waals surface area contributed by atoms with Crippen LogP contribution >= 0.6 is 0 Å². The lowest BCUT2D eigenvalue weighted by Crippen LogP contribution is -2.37. The molecule has 0 bridgehead atoms. The monoisotopic (exact) mass is 331 g/mol. The number of likely N-dealkylation sites (tertiary alicyclic amines) is 2. The van der Waals surface area contributed by atoms with Gasteiger partial charge >= 0.3 is 0 Å². The highest BCUT2D eigenvalue weighted by molar-refractivity contribution is 5.98. The van der Waals surface area contributed by atoms with E-state index in [1.165, 1.54) is 0 Å². The van der Waals surface area contributed by atoms with Crippen molar-refractivity contribution in [2.45, 2.75) is 65.0 Å². The fourth-order valence-electron chi connectivity index (χ4n) is 4.27. The molecule has 3 heterocycles. The van der Waals surface area contributed by atoms with Crippen LogP contribution in [0.1, 0.15) is 61.1 Å². The first-order valence-electron chi connectivity index (χ1n) is 9.15. The summed E-state index contributed by atoms with van der Waals surface area (Å²) in [7, 11) is 1.94. The molecule has 2 aliphatic rings. The summed E-state index contributed by atoms with van der Waals surface area (Å²) in [5, 5.41) is 0. The van der Waals surface area contributed by atoms with Gasteiger partial charge in [-0.25, -0.2) is 0 Å². The molecule has 2 fully saturated rings. The average Bonchev–Trinajstić information content (AvgIpc) is 3.19. The molecule has 0 aromatic carbocycles. The highest BCUT2D eigenvalue weighted by Crippen LogP contribution is 2.26. The van der Waals surface area contributed by atoms with E-state index < -0.39 is 0 Å². The molecule has 0 spiro atoms. The SMILES string of the molecule is Cc1cn(C)c(CC(=O)N2CCC[C@@H]2C)c1C(=O)N1CCC[C@H]1C. The molecule has 2 saturated heterocycles. The summed E-state index contributed by atoms with van der Waals surface area (Å²) in [6.07, 6.45) is 6.59. The third kappa shape index (κ3) is 2.96. The molecule has 132 valence electrons. The van der Waals surface area contributed by atoms with Gasteiger partial charge in [0.25, 0.3) is 5.91 Å². The van der Waals surface area contributed by atoms with Gasteiger partial charge in [0.15, 0.2) is 0 Å². The molecule has 0 N–H and O–H groups in total. The van der Waals surface area contributed by atoms with Gasteiger partial charge < -0.3 is 14.4 Å². The van der Waals surface area contributed by atoms with E-state index in [9.17, 15) is 9.59 Å². The maximum absolute atomic E-state index is 13.1. The average molecular weight is 331 g/mol. The Morgan fingerprint density at radius 3 is 2.21 bits per heavy atom. The highest BCUT2D eigenvalue weighted by atomic mass is 16.2. The van der Waals surface area contributed by atoms with Crippen molar-refractivity contribution in [1.29, 1.82) is 0 Å². The minimum Gasteiger partial charge on any atom is -0.353 e. The Morgan fingerprint density at radius 2 is 1.67 bits per heavy atom. The van der Waals surface area contributed by atoms with Gasteiger partial charge in [0.1, 0.15) is 0 Å². The molecule has 0 radical (unpaired) electrons. The molecule has 2 atom stereocenters. The number of carbonyl (C=O) groups is 2. The van der Waals surface area contributed by atoms with Gasteiger partial charge in [-0.05, 0) is 52.0 Å². The van der Waals surface area contributed by atoms with E-state index in [-0.39, 0.29) is 11.8 Å². The number of hydrogen-bond acceptors (Lipinski definition) is 2. The summed E-state index contributed by atoms with van der Waals surface area (Å²) in [6, 6.07) is 0.607. The normalized spacial score (nSPS) is 24.0. The van der Waals surface area contributed by atoms with Crippen LogP contribution in [0.15, 0.2) is 6.20 Å². The van der Waals surface area contributed by atoms with Crippen molar-refractivity contribution in [1.82, 2.24) is 14.4 Å². The summed E-state index contributed by atoms with van der Waals surface area (Å²) in [6.45, 7) is 7.86. The second-order valence-electron chi connectivity index (χ2n) is 7.49. The van der Waals surface area contributed by atoms with Crippen molar-refractivity contribution in [3.8, 4) is 0 Å². The number of aryl methyl sites for hydroxylation is 2. The van der Waals surface area contributed by atoms with Crippen LogP contribution < -0.4 is 0 Å². The summed E-state index contributed by atoms with van der Waals surface area (Å²) in [5.41, 5.74) is 2.58. The summed E-state index contributed by atoms with van der Waals surface area (Å²) in [4.78, 5) is 29.7. The smallest absolute Gasteiger partial charge is 0.256 e. The van der Waals surface area contributed by atoms with E-state index in [4.69, 9.17) is 0 Å². The molecular weight excluding hydrogens is 302 g/mol. The van der Waals surface area contributed by atoms with Gasteiger partial charge in [-0.2, -0.15) is 0 Å². The lowest BCUT2D eigenvalue weighted by atomic mass is 10.1. The summed E-state index contributed by atoms with van der Waals surface area (Å²) >= 11 is 0. The van der Waals surface area contributed by atoms with Gasteiger partial charge in [0, 0.05) is 44.1 Å². The topological polar surface area (TPSA) is 45.6 Å². The van der Waals surface area contributed by atoms with E-state index >= 15 is 0 Å². The van der Waals surface area contributed by atoms with Crippen LogP contribution in [0.25, 0.3) is 0 Å². The number of aromatic nitrogens is 1. The zero-order valence-corrected chi connectivity index (χ0v) is 15.3. The summed E-state index contributed by atoms with van der Waals surface area (Å²) in [5.74, 6) is 0.236. The Labute approximate surface area is 144 Å². The molecule has 0 unspecified atom stereocenters. The fourth-order valence-corrected chi connectivity index (χ4v) is 4.27. The van der Waals surface area contributed by atoms with Gasteiger partial charge in [0.2, 0.25) is 5.91 Å². The second kappa shape index (κ2) is 6.61. The fraction of sp³-hybridized carbons (Fsp3) is 0.684. The lowest BCUT2D eigenvalue weighted by molar-refractivity contribution is -0.131. The number of hydrogen-bond donors (Lipinski definition) is 0. The Hall–Kier alpha value is -1.78. The van der Waals surface area contributed by atoms with Crippen LogP contribution in [0.2, 0.25) is 0 Å². The maximum Gasteiger partial charge on any atom is 0.256 e. The van der Waals surface area contributed by atoms with E-state index in [1.807, 2.05) is 34.5 Å². The molecule has 1 aromatic rings. The number of nitrogens with zero attached hydrogens (tertiary/aromatic N) is 3. The Morgan fingerprint density at radius 1 is 1.08 bits per heavy atom. The lowest BCUT2D eigenvalue weighted by Gasteiger charge is -2.24. The minimum absolute atomic E-state index is 0.0929. The summed E-state index contributed by atoms with van der Waals surface area (Å²) < 4.78 is 1.96. The molecular formula is C19H29N3O2. The molecule has 2 amide bonds. The van der Waals surface area contributed by atoms with Gasteiger partial charge in [-0.15, -0.1) is 0 Å². The van der Waals surface area contributed by atoms with Crippen LogP contribution in [0.4, 0.5) is 0 Å².